The molecule has 1 saturated heterocycles. The minimum absolute atomic E-state index is 0.216. The van der Waals surface area contributed by atoms with Crippen LogP contribution < -0.4 is 5.32 Å². The highest BCUT2D eigenvalue weighted by molar-refractivity contribution is 5.93. The number of hydrogen-bond acceptors (Lipinski definition) is 4. The smallest absolute Gasteiger partial charge is 0.409 e. The number of cyclic esters (lactones) is 1. The first-order valence-corrected chi connectivity index (χ1v) is 6.38. The Morgan fingerprint density at radius 1 is 1.40 bits per heavy atom. The summed E-state index contributed by atoms with van der Waals surface area (Å²) >= 11 is 0. The van der Waals surface area contributed by atoms with Gasteiger partial charge >= 0.3 is 6.09 Å². The molecule has 0 unspecified atom stereocenters. The number of pyridine rings is 1. The van der Waals surface area contributed by atoms with Crippen LogP contribution in [0.3, 0.4) is 0 Å². The predicted molar refractivity (Wildman–Crippen MR) is 70.4 cm³/mol. The third-order valence-electron chi connectivity index (χ3n) is 3.17. The van der Waals surface area contributed by atoms with Crippen molar-refractivity contribution in [3.63, 3.8) is 0 Å². The molecular weight excluding hydrogens is 260 g/mol. The second kappa shape index (κ2) is 5.20. The SMILES string of the molecule is O=C(NCCN1CCOC1=O)c1cccc2ccnn12. The summed E-state index contributed by atoms with van der Waals surface area (Å²) in [7, 11) is 0. The van der Waals surface area contributed by atoms with E-state index in [0.717, 1.165) is 5.52 Å². The first-order valence-electron chi connectivity index (χ1n) is 6.38. The number of aromatic nitrogens is 2. The summed E-state index contributed by atoms with van der Waals surface area (Å²) in [4.78, 5) is 24.9. The van der Waals surface area contributed by atoms with Crippen molar-refractivity contribution < 1.29 is 14.3 Å². The van der Waals surface area contributed by atoms with Crippen molar-refractivity contribution in [3.05, 3.63) is 36.2 Å². The van der Waals surface area contributed by atoms with Gasteiger partial charge in [0.1, 0.15) is 12.3 Å². The number of rotatable bonds is 4. The van der Waals surface area contributed by atoms with Gasteiger partial charge in [0.2, 0.25) is 0 Å². The maximum absolute atomic E-state index is 12.1. The highest BCUT2D eigenvalue weighted by Gasteiger charge is 2.21. The van der Waals surface area contributed by atoms with Crippen LogP contribution in [0.25, 0.3) is 5.52 Å². The highest BCUT2D eigenvalue weighted by atomic mass is 16.6. The maximum Gasteiger partial charge on any atom is 0.409 e. The van der Waals surface area contributed by atoms with Crippen molar-refractivity contribution in [2.24, 2.45) is 0 Å². The molecule has 20 heavy (non-hydrogen) atoms. The molecule has 104 valence electrons. The lowest BCUT2D eigenvalue weighted by atomic mass is 10.3. The summed E-state index contributed by atoms with van der Waals surface area (Å²) in [6.07, 6.45) is 1.32. The molecule has 3 heterocycles. The molecule has 2 aromatic heterocycles. The molecule has 2 amide bonds. The van der Waals surface area contributed by atoms with Crippen LogP contribution in [-0.2, 0) is 4.74 Å². The Labute approximate surface area is 115 Å². The van der Waals surface area contributed by atoms with Crippen molar-refractivity contribution in [1.82, 2.24) is 19.8 Å². The Morgan fingerprint density at radius 2 is 2.30 bits per heavy atom. The van der Waals surface area contributed by atoms with Crippen molar-refractivity contribution in [2.75, 3.05) is 26.2 Å². The third-order valence-corrected chi connectivity index (χ3v) is 3.17. The maximum atomic E-state index is 12.1. The highest BCUT2D eigenvalue weighted by Crippen LogP contribution is 2.06. The second-order valence-corrected chi connectivity index (χ2v) is 4.44. The van der Waals surface area contributed by atoms with E-state index in [1.807, 2.05) is 18.2 Å². The van der Waals surface area contributed by atoms with Gasteiger partial charge in [-0.1, -0.05) is 6.07 Å². The van der Waals surface area contributed by atoms with Gasteiger partial charge in [-0.2, -0.15) is 5.10 Å². The second-order valence-electron chi connectivity index (χ2n) is 4.44. The standard InChI is InChI=1S/C13H14N4O3/c18-12(14-6-7-16-8-9-20-13(16)19)11-3-1-2-10-4-5-15-17(10)11/h1-5H,6-9H2,(H,14,18). The van der Waals surface area contributed by atoms with Gasteiger partial charge in [0.15, 0.2) is 0 Å². The Kier molecular flexibility index (Phi) is 3.24. The zero-order valence-corrected chi connectivity index (χ0v) is 10.8. The van der Waals surface area contributed by atoms with E-state index in [4.69, 9.17) is 4.74 Å². The van der Waals surface area contributed by atoms with Gasteiger partial charge in [0.25, 0.3) is 5.91 Å². The number of hydrogen-bond donors (Lipinski definition) is 1. The zero-order chi connectivity index (χ0) is 13.9. The molecule has 7 heteroatoms. The molecule has 1 aliphatic heterocycles. The summed E-state index contributed by atoms with van der Waals surface area (Å²) in [5, 5.41) is 6.89. The van der Waals surface area contributed by atoms with E-state index in [9.17, 15) is 9.59 Å². The van der Waals surface area contributed by atoms with Crippen LogP contribution in [0.2, 0.25) is 0 Å². The number of nitrogens with one attached hydrogen (secondary N) is 1. The molecule has 1 N–H and O–H groups in total. The Balaban J connectivity index is 1.62. The topological polar surface area (TPSA) is 75.9 Å². The van der Waals surface area contributed by atoms with Crippen LogP contribution in [0.4, 0.5) is 4.79 Å². The van der Waals surface area contributed by atoms with Crippen molar-refractivity contribution in [2.45, 2.75) is 0 Å². The van der Waals surface area contributed by atoms with E-state index in [1.54, 1.807) is 21.7 Å². The van der Waals surface area contributed by atoms with E-state index >= 15 is 0 Å². The van der Waals surface area contributed by atoms with Crippen LogP contribution in [0.15, 0.2) is 30.5 Å². The molecule has 2 aromatic rings. The van der Waals surface area contributed by atoms with Gasteiger partial charge in [-0.15, -0.1) is 0 Å². The fourth-order valence-electron chi connectivity index (χ4n) is 2.15. The fraction of sp³-hybridized carbons (Fsp3) is 0.308. The van der Waals surface area contributed by atoms with Crippen molar-refractivity contribution in [3.8, 4) is 0 Å². The van der Waals surface area contributed by atoms with Crippen LogP contribution in [0.5, 0.6) is 0 Å². The average Bonchev–Trinajstić information content (AvgIpc) is 3.07. The lowest BCUT2D eigenvalue weighted by Gasteiger charge is -2.13. The third kappa shape index (κ3) is 2.29. The summed E-state index contributed by atoms with van der Waals surface area (Å²) in [6.45, 7) is 1.81. The molecule has 7 nitrogen and oxygen atoms in total. The molecule has 3 rings (SSSR count). The molecule has 0 saturated carbocycles. The first-order chi connectivity index (χ1) is 9.75. The summed E-state index contributed by atoms with van der Waals surface area (Å²) in [5.41, 5.74) is 1.33. The van der Waals surface area contributed by atoms with Gasteiger partial charge in [-0.25, -0.2) is 9.31 Å². The van der Waals surface area contributed by atoms with E-state index in [-0.39, 0.29) is 12.0 Å². The lowest BCUT2D eigenvalue weighted by Crippen LogP contribution is -2.36. The zero-order valence-electron chi connectivity index (χ0n) is 10.8. The van der Waals surface area contributed by atoms with E-state index in [0.29, 0.717) is 31.9 Å². The van der Waals surface area contributed by atoms with Gasteiger partial charge in [0, 0.05) is 13.1 Å². The molecule has 0 aliphatic carbocycles. The molecule has 0 spiro atoms. The number of amides is 2. The summed E-state index contributed by atoms with van der Waals surface area (Å²) in [6, 6.07) is 7.23. The van der Waals surface area contributed by atoms with Gasteiger partial charge < -0.3 is 15.0 Å². The molecule has 1 aliphatic rings. The summed E-state index contributed by atoms with van der Waals surface area (Å²) in [5.74, 6) is -0.216. The average molecular weight is 274 g/mol. The van der Waals surface area contributed by atoms with Crippen LogP contribution >= 0.6 is 0 Å². The van der Waals surface area contributed by atoms with Gasteiger partial charge in [-0.3, -0.25) is 4.79 Å². The van der Waals surface area contributed by atoms with Crippen molar-refractivity contribution >= 4 is 17.5 Å². The minimum Gasteiger partial charge on any atom is -0.448 e. The predicted octanol–water partition coefficient (Wildman–Crippen LogP) is 0.516. The number of carbonyl (C=O) groups is 2. The number of nitrogens with zero attached hydrogens (tertiary/aromatic N) is 3. The molecule has 0 radical (unpaired) electrons. The largest absolute Gasteiger partial charge is 0.448 e. The molecule has 0 aromatic carbocycles. The van der Waals surface area contributed by atoms with Crippen LogP contribution in [-0.4, -0.2) is 52.8 Å². The minimum atomic E-state index is -0.326. The number of fused-ring (bicyclic) bond motifs is 1. The lowest BCUT2D eigenvalue weighted by molar-refractivity contribution is 0.0941. The monoisotopic (exact) mass is 274 g/mol. The molecule has 0 atom stereocenters. The Morgan fingerprint density at radius 3 is 3.10 bits per heavy atom. The van der Waals surface area contributed by atoms with E-state index in [2.05, 4.69) is 10.4 Å². The normalized spacial score (nSPS) is 14.6. The van der Waals surface area contributed by atoms with E-state index in [1.165, 1.54) is 0 Å². The molecule has 1 fully saturated rings. The van der Waals surface area contributed by atoms with Crippen LogP contribution in [0, 0.1) is 0 Å². The Hall–Kier alpha value is -2.57. The van der Waals surface area contributed by atoms with Crippen LogP contribution in [0.1, 0.15) is 10.5 Å². The number of carbonyl (C=O) groups excluding carboxylic acids is 2. The van der Waals surface area contributed by atoms with Gasteiger partial charge in [-0.05, 0) is 18.2 Å². The van der Waals surface area contributed by atoms with Crippen molar-refractivity contribution in [1.29, 1.82) is 0 Å². The molecule has 0 bridgehead atoms. The summed E-state index contributed by atoms with van der Waals surface area (Å²) < 4.78 is 6.40. The fourth-order valence-corrected chi connectivity index (χ4v) is 2.15. The van der Waals surface area contributed by atoms with E-state index < -0.39 is 0 Å². The number of ether oxygens (including phenoxy) is 1. The quantitative estimate of drug-likeness (QED) is 0.881. The van der Waals surface area contributed by atoms with Gasteiger partial charge in [0.05, 0.1) is 18.3 Å². The first kappa shape index (κ1) is 12.5. The molecular formula is C13H14N4O3. The Bertz CT molecular complexity index is 652.